The van der Waals surface area contributed by atoms with E-state index in [1.807, 2.05) is 26.8 Å². The predicted octanol–water partition coefficient (Wildman–Crippen LogP) is -2.30. The second-order valence-electron chi connectivity index (χ2n) is 24.4. The molecule has 7 fully saturated rings. The summed E-state index contributed by atoms with van der Waals surface area (Å²) in [7, 11) is 0. The van der Waals surface area contributed by atoms with Crippen LogP contribution in [0.15, 0.2) is 35.5 Å². The smallest absolute Gasteiger partial charge is 0.187 e. The summed E-state index contributed by atoms with van der Waals surface area (Å²) in [5.41, 5.74) is 1.05. The minimum absolute atomic E-state index is 0.00224. The highest BCUT2D eigenvalue weighted by molar-refractivity contribution is 5.88. The van der Waals surface area contributed by atoms with E-state index in [9.17, 15) is 71.5 Å². The van der Waals surface area contributed by atoms with Crippen LogP contribution in [0.25, 0.3) is 0 Å². The number of hydrogen-bond acceptors (Lipinski definition) is 23. The van der Waals surface area contributed by atoms with Crippen molar-refractivity contribution in [2.75, 3.05) is 33.0 Å². The van der Waals surface area contributed by atoms with Gasteiger partial charge < -0.3 is 109 Å². The number of ether oxygens (including phenoxy) is 8. The van der Waals surface area contributed by atoms with Gasteiger partial charge in [0.25, 0.3) is 0 Å². The zero-order valence-electron chi connectivity index (χ0n) is 44.8. The highest BCUT2D eigenvalue weighted by Crippen LogP contribution is 2.74. The normalized spacial score (nSPS) is 50.1. The summed E-state index contributed by atoms with van der Waals surface area (Å²) in [4.78, 5) is 15.0. The van der Waals surface area contributed by atoms with Crippen molar-refractivity contribution in [2.24, 2.45) is 39.4 Å². The van der Waals surface area contributed by atoms with Gasteiger partial charge in [-0.3, -0.25) is 4.79 Å². The Morgan fingerprint density at radius 1 is 0.623 bits per heavy atom. The second-order valence-corrected chi connectivity index (χ2v) is 24.4. The number of hydrogen-bond donors (Lipinski definition) is 14. The van der Waals surface area contributed by atoms with E-state index in [-0.39, 0.29) is 41.0 Å². The number of Topliss-reactive ketones (excluding diaryl/α,β-unsaturated/α-hetero) is 1. The van der Waals surface area contributed by atoms with Gasteiger partial charge in [0.1, 0.15) is 103 Å². The lowest BCUT2D eigenvalue weighted by Gasteiger charge is -2.64. The van der Waals surface area contributed by atoms with Gasteiger partial charge in [-0.2, -0.15) is 0 Å². The van der Waals surface area contributed by atoms with E-state index in [1.165, 1.54) is 0 Å². The summed E-state index contributed by atoms with van der Waals surface area (Å²) in [6, 6.07) is 0. The summed E-state index contributed by atoms with van der Waals surface area (Å²) < 4.78 is 46.1. The standard InChI is InChI=1S/C54H86O23/c1-23(20-70-47-45(68)41(64)37(60)30(75-47)21-71-48-43(66)39(62)35(58)28(18-55)73-48)9-8-10-24(2)25-15-16-52(5)32-13-11-26-27(54(32,7)33(57)17-53(25,52)6)12-14-34(51(26,3)4)77-50-46(69)42(65)38(61)31(76-50)22-72-49-44(67)40(63)36(59)29(19-56)74-49/h9,11,25,27-32,34-50,55-56,58-69H,2,8,10,12-22H2,1,3-7H3. The molecule has 8 aliphatic rings. The van der Waals surface area contributed by atoms with Crippen LogP contribution in [-0.2, 0) is 42.7 Å². The molecule has 23 heteroatoms. The summed E-state index contributed by atoms with van der Waals surface area (Å²) in [5, 5.41) is 145. The quantitative estimate of drug-likeness (QED) is 0.0681. The van der Waals surface area contributed by atoms with Crippen LogP contribution in [0.5, 0.6) is 0 Å². The van der Waals surface area contributed by atoms with Crippen LogP contribution in [0.1, 0.15) is 92.9 Å². The number of aliphatic hydroxyl groups is 14. The molecule has 0 spiro atoms. The minimum Gasteiger partial charge on any atom is -0.394 e. The van der Waals surface area contributed by atoms with Crippen LogP contribution in [0, 0.1) is 39.4 Å². The van der Waals surface area contributed by atoms with E-state index < -0.39 is 166 Å². The van der Waals surface area contributed by atoms with Gasteiger partial charge in [0.2, 0.25) is 0 Å². The molecule has 4 heterocycles. The molecule has 14 N–H and O–H groups in total. The maximum atomic E-state index is 15.0. The Kier molecular flexibility index (Phi) is 18.8. The first-order chi connectivity index (χ1) is 36.2. The average Bonchev–Trinajstić information content (AvgIpc) is 3.99. The molecular weight excluding hydrogens is 1020 g/mol. The van der Waals surface area contributed by atoms with Crippen molar-refractivity contribution in [2.45, 2.75) is 222 Å². The van der Waals surface area contributed by atoms with E-state index >= 15 is 4.79 Å². The third-order valence-electron chi connectivity index (χ3n) is 19.7. The van der Waals surface area contributed by atoms with Crippen LogP contribution in [0.2, 0.25) is 0 Å². The van der Waals surface area contributed by atoms with Crippen molar-refractivity contribution in [3.63, 3.8) is 0 Å². The number of rotatable bonds is 17. The second kappa shape index (κ2) is 23.7. The van der Waals surface area contributed by atoms with Crippen LogP contribution in [-0.4, -0.2) is 239 Å². The van der Waals surface area contributed by atoms with Crippen LogP contribution in [0.3, 0.4) is 0 Å². The zero-order valence-corrected chi connectivity index (χ0v) is 44.8. The fraction of sp³-hybridized carbons (Fsp3) is 0.870. The Balaban J connectivity index is 0.860. The Hall–Kier alpha value is -1.99. The molecule has 4 saturated heterocycles. The molecule has 3 saturated carbocycles. The number of ketones is 1. The Morgan fingerprint density at radius 2 is 1.09 bits per heavy atom. The van der Waals surface area contributed by atoms with E-state index in [2.05, 4.69) is 33.4 Å². The van der Waals surface area contributed by atoms with Crippen molar-refractivity contribution in [1.29, 1.82) is 0 Å². The van der Waals surface area contributed by atoms with Gasteiger partial charge in [0.15, 0.2) is 25.2 Å². The van der Waals surface area contributed by atoms with Gasteiger partial charge in [0, 0.05) is 17.3 Å². The lowest BCUT2D eigenvalue weighted by atomic mass is 9.39. The lowest BCUT2D eigenvalue weighted by molar-refractivity contribution is -0.340. The van der Waals surface area contributed by atoms with E-state index in [0.717, 1.165) is 29.6 Å². The lowest BCUT2D eigenvalue weighted by Crippen LogP contribution is -2.64. The van der Waals surface area contributed by atoms with Gasteiger partial charge in [-0.15, -0.1) is 0 Å². The van der Waals surface area contributed by atoms with Crippen LogP contribution in [0.4, 0.5) is 0 Å². The molecule has 77 heavy (non-hydrogen) atoms. The number of aliphatic hydroxyl groups excluding tert-OH is 14. The van der Waals surface area contributed by atoms with Gasteiger partial charge in [-0.25, -0.2) is 0 Å². The van der Waals surface area contributed by atoms with Crippen molar-refractivity contribution in [3.05, 3.63) is 35.5 Å². The van der Waals surface area contributed by atoms with Crippen molar-refractivity contribution >= 4 is 5.78 Å². The predicted molar refractivity (Wildman–Crippen MR) is 265 cm³/mol. The molecule has 0 aromatic carbocycles. The minimum atomic E-state index is -1.71. The number of fused-ring (bicyclic) bond motifs is 5. The van der Waals surface area contributed by atoms with Crippen LogP contribution < -0.4 is 0 Å². The summed E-state index contributed by atoms with van der Waals surface area (Å²) >= 11 is 0. The molecule has 27 unspecified atom stereocenters. The molecule has 0 amide bonds. The Bertz CT molecular complexity index is 2120. The first-order valence-electron chi connectivity index (χ1n) is 27.3. The molecule has 8 rings (SSSR count). The van der Waals surface area contributed by atoms with E-state index in [0.29, 0.717) is 38.5 Å². The number of carbonyl (C=O) groups is 1. The third kappa shape index (κ3) is 11.0. The SMILES string of the molecule is C=C(CCC=C(C)COC1OC(COC2OC(CO)C(O)C(O)C2O)C(O)C(O)C1O)C1CCC2(C)C3CC=C4C(CCC(OC5OC(COC6OC(CO)C(O)C(O)C6O)C(O)C(O)C5O)C4(C)C)C3(C)C(=O)CC12C. The fourth-order valence-electron chi connectivity index (χ4n) is 14.6. The molecular formula is C54H86O23. The monoisotopic (exact) mass is 1100 g/mol. The van der Waals surface area contributed by atoms with Crippen molar-refractivity contribution in [3.8, 4) is 0 Å². The first kappa shape index (κ1) is 61.1. The van der Waals surface area contributed by atoms with Crippen molar-refractivity contribution < 1.29 is 114 Å². The molecule has 27 atom stereocenters. The third-order valence-corrected chi connectivity index (χ3v) is 19.7. The van der Waals surface area contributed by atoms with E-state index in [1.54, 1.807) is 0 Å². The maximum absolute atomic E-state index is 15.0. The highest BCUT2D eigenvalue weighted by Gasteiger charge is 2.70. The molecule has 23 nitrogen and oxygen atoms in total. The molecule has 0 bridgehead atoms. The topological polar surface area (TPSA) is 374 Å². The average molecular weight is 1100 g/mol. The maximum Gasteiger partial charge on any atom is 0.187 e. The highest BCUT2D eigenvalue weighted by atomic mass is 16.7. The molecule has 0 radical (unpaired) electrons. The van der Waals surface area contributed by atoms with E-state index in [4.69, 9.17) is 37.9 Å². The molecule has 0 aromatic rings. The summed E-state index contributed by atoms with van der Waals surface area (Å²) in [6.45, 7) is 15.0. The van der Waals surface area contributed by atoms with Gasteiger partial charge >= 0.3 is 0 Å². The molecule has 440 valence electrons. The summed E-state index contributed by atoms with van der Waals surface area (Å²) in [6.07, 6.45) is -21.7. The largest absolute Gasteiger partial charge is 0.394 e. The van der Waals surface area contributed by atoms with Gasteiger partial charge in [0.05, 0.1) is 39.1 Å². The molecule has 0 aromatic heterocycles. The number of carbonyl (C=O) groups excluding carboxylic acids is 1. The number of allylic oxidation sites excluding steroid dienone is 3. The van der Waals surface area contributed by atoms with Crippen molar-refractivity contribution in [1.82, 2.24) is 0 Å². The van der Waals surface area contributed by atoms with Gasteiger partial charge in [-0.05, 0) is 80.5 Å². The Morgan fingerprint density at radius 3 is 1.61 bits per heavy atom. The molecule has 4 aliphatic carbocycles. The van der Waals surface area contributed by atoms with Crippen LogP contribution >= 0.6 is 0 Å². The fourth-order valence-corrected chi connectivity index (χ4v) is 14.6. The Labute approximate surface area is 448 Å². The zero-order chi connectivity index (χ0) is 56.4. The molecule has 4 aliphatic heterocycles. The first-order valence-corrected chi connectivity index (χ1v) is 27.3. The van der Waals surface area contributed by atoms with Gasteiger partial charge in [-0.1, -0.05) is 70.1 Å². The summed E-state index contributed by atoms with van der Waals surface area (Å²) in [5.74, 6) is 0.260.